The van der Waals surface area contributed by atoms with Crippen molar-refractivity contribution in [1.82, 2.24) is 0 Å². The fourth-order valence-corrected chi connectivity index (χ4v) is 3.86. The Morgan fingerprint density at radius 2 is 2.16 bits per heavy atom. The number of rotatable bonds is 3. The third kappa shape index (κ3) is 3.84. The number of nitrogens with zero attached hydrogens (tertiary/aromatic N) is 1. The zero-order valence-corrected chi connectivity index (χ0v) is 14.1. The molecule has 0 spiro atoms. The Bertz CT molecular complexity index is 661. The maximum absolute atomic E-state index is 12.3. The minimum Gasteiger partial charge on any atom is -0.406 e. The SMILES string of the molecule is CC1(C)C(N=C(N)Nc2cccc(OC(F)(F)F)c2)C2CCCOC21. The molecule has 1 heterocycles. The molecule has 0 aromatic heterocycles. The summed E-state index contributed by atoms with van der Waals surface area (Å²) in [6, 6.07) is 5.54. The van der Waals surface area contributed by atoms with E-state index in [1.165, 1.54) is 18.2 Å². The molecule has 1 aromatic carbocycles. The van der Waals surface area contributed by atoms with E-state index in [0.717, 1.165) is 19.4 Å². The van der Waals surface area contributed by atoms with E-state index in [-0.39, 0.29) is 29.3 Å². The molecule has 1 aromatic rings. The van der Waals surface area contributed by atoms with E-state index >= 15 is 0 Å². The maximum Gasteiger partial charge on any atom is 0.573 e. The second-order valence-electron chi connectivity index (χ2n) is 7.08. The number of nitrogens with one attached hydrogen (secondary N) is 1. The lowest BCUT2D eigenvalue weighted by Crippen LogP contribution is -2.64. The molecule has 3 rings (SSSR count). The Hall–Kier alpha value is -1.96. The van der Waals surface area contributed by atoms with Gasteiger partial charge in [0.1, 0.15) is 5.75 Å². The van der Waals surface area contributed by atoms with Crippen molar-refractivity contribution in [3.63, 3.8) is 0 Å². The summed E-state index contributed by atoms with van der Waals surface area (Å²) in [5.74, 6) is 0.199. The Balaban J connectivity index is 1.69. The summed E-state index contributed by atoms with van der Waals surface area (Å²) in [7, 11) is 0. The summed E-state index contributed by atoms with van der Waals surface area (Å²) in [6.07, 6.45) is -2.49. The zero-order chi connectivity index (χ0) is 18.2. The first-order valence-corrected chi connectivity index (χ1v) is 8.24. The highest BCUT2D eigenvalue weighted by Gasteiger charge is 2.58. The average molecular weight is 357 g/mol. The summed E-state index contributed by atoms with van der Waals surface area (Å²) >= 11 is 0. The van der Waals surface area contributed by atoms with Crippen LogP contribution in [-0.4, -0.2) is 31.1 Å². The van der Waals surface area contributed by atoms with E-state index in [1.54, 1.807) is 6.07 Å². The quantitative estimate of drug-likeness (QED) is 0.642. The van der Waals surface area contributed by atoms with Crippen LogP contribution in [0.1, 0.15) is 26.7 Å². The minimum absolute atomic E-state index is 0.0277. The molecule has 3 atom stereocenters. The molecular formula is C17H22F3N3O2. The van der Waals surface area contributed by atoms with Crippen molar-refractivity contribution in [1.29, 1.82) is 0 Å². The lowest BCUT2D eigenvalue weighted by Gasteiger charge is -2.58. The summed E-state index contributed by atoms with van der Waals surface area (Å²) in [4.78, 5) is 4.56. The van der Waals surface area contributed by atoms with Crippen molar-refractivity contribution in [3.05, 3.63) is 24.3 Å². The summed E-state index contributed by atoms with van der Waals surface area (Å²) in [5.41, 5.74) is 6.24. The summed E-state index contributed by atoms with van der Waals surface area (Å²) < 4.78 is 46.6. The number of halogens is 3. The van der Waals surface area contributed by atoms with E-state index in [2.05, 4.69) is 28.9 Å². The van der Waals surface area contributed by atoms with E-state index in [9.17, 15) is 13.2 Å². The van der Waals surface area contributed by atoms with Crippen LogP contribution < -0.4 is 15.8 Å². The summed E-state index contributed by atoms with van der Waals surface area (Å²) in [6.45, 7) is 4.97. The van der Waals surface area contributed by atoms with Crippen LogP contribution in [0.3, 0.4) is 0 Å². The molecule has 0 radical (unpaired) electrons. The van der Waals surface area contributed by atoms with Gasteiger partial charge in [0, 0.05) is 29.7 Å². The fourth-order valence-electron chi connectivity index (χ4n) is 3.86. The number of alkyl halides is 3. The number of nitrogens with two attached hydrogens (primary N) is 1. The molecule has 2 fully saturated rings. The van der Waals surface area contributed by atoms with Crippen LogP contribution in [-0.2, 0) is 4.74 Å². The number of fused-ring (bicyclic) bond motifs is 1. The molecule has 138 valence electrons. The molecule has 3 unspecified atom stereocenters. The van der Waals surface area contributed by atoms with E-state index in [4.69, 9.17) is 10.5 Å². The fraction of sp³-hybridized carbons (Fsp3) is 0.588. The molecule has 25 heavy (non-hydrogen) atoms. The molecular weight excluding hydrogens is 335 g/mol. The van der Waals surface area contributed by atoms with Crippen molar-refractivity contribution in [3.8, 4) is 5.75 Å². The smallest absolute Gasteiger partial charge is 0.406 e. The third-order valence-corrected chi connectivity index (χ3v) is 4.89. The largest absolute Gasteiger partial charge is 0.573 e. The summed E-state index contributed by atoms with van der Waals surface area (Å²) in [5, 5.41) is 2.84. The van der Waals surface area contributed by atoms with Gasteiger partial charge in [-0.15, -0.1) is 13.2 Å². The number of benzene rings is 1. The van der Waals surface area contributed by atoms with Gasteiger partial charge in [-0.2, -0.15) is 0 Å². The van der Waals surface area contributed by atoms with Crippen LogP contribution in [0.25, 0.3) is 0 Å². The van der Waals surface area contributed by atoms with Gasteiger partial charge in [-0.25, -0.2) is 4.99 Å². The normalized spacial score (nSPS) is 28.7. The van der Waals surface area contributed by atoms with Gasteiger partial charge in [0.25, 0.3) is 0 Å². The number of anilines is 1. The van der Waals surface area contributed by atoms with Gasteiger partial charge in [-0.05, 0) is 25.0 Å². The monoisotopic (exact) mass is 357 g/mol. The van der Waals surface area contributed by atoms with Gasteiger partial charge >= 0.3 is 6.36 Å². The topological polar surface area (TPSA) is 68.9 Å². The van der Waals surface area contributed by atoms with Gasteiger partial charge in [-0.1, -0.05) is 19.9 Å². The van der Waals surface area contributed by atoms with Gasteiger partial charge in [0.15, 0.2) is 5.96 Å². The molecule has 1 saturated heterocycles. The number of guanidine groups is 1. The van der Waals surface area contributed by atoms with Crippen LogP contribution >= 0.6 is 0 Å². The van der Waals surface area contributed by atoms with Crippen LogP contribution in [0, 0.1) is 11.3 Å². The number of ether oxygens (including phenoxy) is 2. The highest BCUT2D eigenvalue weighted by molar-refractivity contribution is 5.92. The van der Waals surface area contributed by atoms with Crippen molar-refractivity contribution < 1.29 is 22.6 Å². The van der Waals surface area contributed by atoms with Crippen LogP contribution in [0.15, 0.2) is 29.3 Å². The van der Waals surface area contributed by atoms with Crippen molar-refractivity contribution in [2.75, 3.05) is 11.9 Å². The van der Waals surface area contributed by atoms with E-state index in [1.807, 2.05) is 0 Å². The van der Waals surface area contributed by atoms with Gasteiger partial charge in [0.2, 0.25) is 0 Å². The van der Waals surface area contributed by atoms with Crippen LogP contribution in [0.4, 0.5) is 18.9 Å². The van der Waals surface area contributed by atoms with E-state index < -0.39 is 6.36 Å². The predicted octanol–water partition coefficient (Wildman–Crippen LogP) is 3.52. The van der Waals surface area contributed by atoms with E-state index in [0.29, 0.717) is 11.6 Å². The minimum atomic E-state index is -4.73. The lowest BCUT2D eigenvalue weighted by atomic mass is 9.55. The number of hydrogen-bond donors (Lipinski definition) is 2. The molecule has 1 aliphatic carbocycles. The molecule has 5 nitrogen and oxygen atoms in total. The van der Waals surface area contributed by atoms with Gasteiger partial charge in [0.05, 0.1) is 12.1 Å². The van der Waals surface area contributed by atoms with Gasteiger partial charge < -0.3 is 20.5 Å². The number of hydrogen-bond acceptors (Lipinski definition) is 3. The highest BCUT2D eigenvalue weighted by Crippen LogP contribution is 2.53. The standard InChI is InChI=1S/C17H22F3N3O2/c1-16(2)13(12-7-4-8-24-14(12)16)23-15(21)22-10-5-3-6-11(9-10)25-17(18,19)20/h3,5-6,9,12-14H,4,7-8H2,1-2H3,(H3,21,22,23). The number of aliphatic imine (C=N–C) groups is 1. The second-order valence-corrected chi connectivity index (χ2v) is 7.08. The molecule has 1 saturated carbocycles. The molecule has 8 heteroatoms. The molecule has 0 bridgehead atoms. The first-order valence-electron chi connectivity index (χ1n) is 8.24. The van der Waals surface area contributed by atoms with Crippen LogP contribution in [0.2, 0.25) is 0 Å². The predicted molar refractivity (Wildman–Crippen MR) is 88.4 cm³/mol. The van der Waals surface area contributed by atoms with Crippen molar-refractivity contribution >= 4 is 11.6 Å². The Morgan fingerprint density at radius 3 is 2.88 bits per heavy atom. The molecule has 1 aliphatic heterocycles. The van der Waals surface area contributed by atoms with Crippen molar-refractivity contribution in [2.24, 2.45) is 22.1 Å². The van der Waals surface area contributed by atoms with Gasteiger partial charge in [-0.3, -0.25) is 0 Å². The average Bonchev–Trinajstić information content (AvgIpc) is 2.51. The zero-order valence-electron chi connectivity index (χ0n) is 14.1. The highest BCUT2D eigenvalue weighted by atomic mass is 19.4. The first-order chi connectivity index (χ1) is 11.7. The first kappa shape index (κ1) is 17.8. The Morgan fingerprint density at radius 1 is 1.40 bits per heavy atom. The Labute approximate surface area is 144 Å². The maximum atomic E-state index is 12.3. The van der Waals surface area contributed by atoms with Crippen molar-refractivity contribution in [2.45, 2.75) is 45.2 Å². The molecule has 0 amide bonds. The lowest BCUT2D eigenvalue weighted by molar-refractivity contribution is -0.274. The van der Waals surface area contributed by atoms with Crippen LogP contribution in [0.5, 0.6) is 5.75 Å². The molecule has 3 N–H and O–H groups in total. The second kappa shape index (κ2) is 6.40. The molecule has 2 aliphatic rings. The Kier molecular flexibility index (Phi) is 4.57. The third-order valence-electron chi connectivity index (χ3n) is 4.89.